The quantitative estimate of drug-likeness (QED) is 0.439. The molecule has 0 bridgehead atoms. The van der Waals surface area contributed by atoms with Gasteiger partial charge in [0.25, 0.3) is 5.91 Å². The minimum absolute atomic E-state index is 0.110. The Morgan fingerprint density at radius 2 is 1.64 bits per heavy atom. The van der Waals surface area contributed by atoms with E-state index < -0.39 is 18.0 Å². The van der Waals surface area contributed by atoms with Crippen molar-refractivity contribution in [2.45, 2.75) is 26.5 Å². The zero-order chi connectivity index (χ0) is 23.4. The van der Waals surface area contributed by atoms with Crippen molar-refractivity contribution in [1.29, 1.82) is 0 Å². The molecule has 0 radical (unpaired) electrons. The van der Waals surface area contributed by atoms with Crippen molar-refractivity contribution in [2.75, 3.05) is 6.79 Å². The molecule has 0 aliphatic carbocycles. The van der Waals surface area contributed by atoms with E-state index in [2.05, 4.69) is 5.32 Å². The number of hydrogen-bond donors (Lipinski definition) is 1. The summed E-state index contributed by atoms with van der Waals surface area (Å²) >= 11 is 0. The highest BCUT2D eigenvalue weighted by atomic mass is 16.7. The van der Waals surface area contributed by atoms with Gasteiger partial charge in [-0.15, -0.1) is 0 Å². The minimum atomic E-state index is -1.05. The number of carbonyl (C=O) groups is 3. The number of ether oxygens (including phenoxy) is 3. The van der Waals surface area contributed by atoms with E-state index in [-0.39, 0.29) is 30.2 Å². The minimum Gasteiger partial charge on any atom is -0.454 e. The summed E-state index contributed by atoms with van der Waals surface area (Å²) in [4.78, 5) is 38.2. The second-order valence-electron chi connectivity index (χ2n) is 7.69. The van der Waals surface area contributed by atoms with Crippen LogP contribution >= 0.6 is 0 Å². The van der Waals surface area contributed by atoms with Crippen LogP contribution in [0.15, 0.2) is 66.7 Å². The molecule has 1 unspecified atom stereocenters. The van der Waals surface area contributed by atoms with Crippen LogP contribution in [0.2, 0.25) is 0 Å². The van der Waals surface area contributed by atoms with E-state index in [4.69, 9.17) is 14.2 Å². The van der Waals surface area contributed by atoms with Crippen LogP contribution in [-0.4, -0.2) is 30.6 Å². The molecule has 0 aromatic heterocycles. The van der Waals surface area contributed by atoms with Crippen molar-refractivity contribution in [2.24, 2.45) is 0 Å². The van der Waals surface area contributed by atoms with Gasteiger partial charge in [0.15, 0.2) is 23.4 Å². The zero-order valence-corrected chi connectivity index (χ0v) is 18.3. The van der Waals surface area contributed by atoms with Crippen molar-refractivity contribution in [3.8, 4) is 11.5 Å². The second-order valence-corrected chi connectivity index (χ2v) is 7.69. The molecule has 7 nitrogen and oxygen atoms in total. The Morgan fingerprint density at radius 3 is 2.39 bits per heavy atom. The number of nitrogens with one attached hydrogen (secondary N) is 1. The predicted molar refractivity (Wildman–Crippen MR) is 120 cm³/mol. The summed E-state index contributed by atoms with van der Waals surface area (Å²) in [5.41, 5.74) is 2.65. The van der Waals surface area contributed by atoms with Crippen LogP contribution in [0.4, 0.5) is 0 Å². The van der Waals surface area contributed by atoms with Gasteiger partial charge in [-0.3, -0.25) is 9.59 Å². The van der Waals surface area contributed by atoms with Gasteiger partial charge in [-0.1, -0.05) is 54.1 Å². The number of benzene rings is 3. The molecule has 0 fully saturated rings. The molecule has 3 aromatic rings. The maximum absolute atomic E-state index is 12.9. The van der Waals surface area contributed by atoms with E-state index in [0.717, 1.165) is 11.1 Å². The third-order valence-electron chi connectivity index (χ3n) is 5.26. The van der Waals surface area contributed by atoms with Crippen LogP contribution in [0, 0.1) is 6.92 Å². The number of amides is 1. The van der Waals surface area contributed by atoms with E-state index >= 15 is 0 Å². The number of carbonyl (C=O) groups excluding carboxylic acids is 3. The molecule has 1 aliphatic heterocycles. The Hall–Kier alpha value is -4.13. The molecule has 0 spiro atoms. The lowest BCUT2D eigenvalue weighted by Crippen LogP contribution is -2.35. The third-order valence-corrected chi connectivity index (χ3v) is 5.26. The summed E-state index contributed by atoms with van der Waals surface area (Å²) < 4.78 is 16.0. The SMILES string of the molecule is Cc1ccc(C(=O)c2ccccc2C(=O)OC(C)C(=O)NCc2ccc3c(c2)OCO3)cc1. The number of esters is 1. The number of hydrogen-bond acceptors (Lipinski definition) is 6. The first-order valence-corrected chi connectivity index (χ1v) is 10.5. The lowest BCUT2D eigenvalue weighted by atomic mass is 9.98. The second kappa shape index (κ2) is 9.56. The molecule has 1 aliphatic rings. The van der Waals surface area contributed by atoms with E-state index in [1.165, 1.54) is 13.0 Å². The standard InChI is InChI=1S/C26H23NO6/c1-16-7-10-19(11-8-16)24(28)20-5-3-4-6-21(20)26(30)33-17(2)25(29)27-14-18-9-12-22-23(13-18)32-15-31-22/h3-13,17H,14-15H2,1-2H3,(H,27,29). The van der Waals surface area contributed by atoms with E-state index in [9.17, 15) is 14.4 Å². The molecule has 3 aromatic carbocycles. The van der Waals surface area contributed by atoms with E-state index in [0.29, 0.717) is 17.1 Å². The Balaban J connectivity index is 1.40. The lowest BCUT2D eigenvalue weighted by molar-refractivity contribution is -0.129. The highest BCUT2D eigenvalue weighted by molar-refractivity contribution is 6.14. The summed E-state index contributed by atoms with van der Waals surface area (Å²) in [6.07, 6.45) is -1.05. The van der Waals surface area contributed by atoms with Gasteiger partial charge in [0.1, 0.15) is 0 Å². The average molecular weight is 445 g/mol. The van der Waals surface area contributed by atoms with Crippen molar-refractivity contribution in [3.63, 3.8) is 0 Å². The lowest BCUT2D eigenvalue weighted by Gasteiger charge is -2.15. The number of aryl methyl sites for hydroxylation is 1. The van der Waals surface area contributed by atoms with Gasteiger partial charge < -0.3 is 19.5 Å². The molecular weight excluding hydrogens is 422 g/mol. The largest absolute Gasteiger partial charge is 0.454 e. The Bertz CT molecular complexity index is 1200. The third kappa shape index (κ3) is 5.03. The molecule has 7 heteroatoms. The Kier molecular flexibility index (Phi) is 6.40. The molecule has 1 amide bonds. The summed E-state index contributed by atoms with van der Waals surface area (Å²) in [5.74, 6) is -0.204. The van der Waals surface area contributed by atoms with Gasteiger partial charge in [-0.25, -0.2) is 4.79 Å². The zero-order valence-electron chi connectivity index (χ0n) is 18.3. The maximum atomic E-state index is 12.9. The fraction of sp³-hybridized carbons (Fsp3) is 0.192. The van der Waals surface area contributed by atoms with Gasteiger partial charge >= 0.3 is 5.97 Å². The average Bonchev–Trinajstić information content (AvgIpc) is 3.30. The van der Waals surface area contributed by atoms with Crippen molar-refractivity contribution < 1.29 is 28.6 Å². The predicted octanol–water partition coefficient (Wildman–Crippen LogP) is 3.82. The van der Waals surface area contributed by atoms with Crippen LogP contribution in [0.3, 0.4) is 0 Å². The Labute approximate surface area is 191 Å². The maximum Gasteiger partial charge on any atom is 0.339 e. The number of fused-ring (bicyclic) bond motifs is 1. The summed E-state index contributed by atoms with van der Waals surface area (Å²) in [6.45, 7) is 3.82. The first-order valence-electron chi connectivity index (χ1n) is 10.5. The van der Waals surface area contributed by atoms with Crippen molar-refractivity contribution in [1.82, 2.24) is 5.32 Å². The first-order chi connectivity index (χ1) is 15.9. The fourth-order valence-corrected chi connectivity index (χ4v) is 3.38. The fourth-order valence-electron chi connectivity index (χ4n) is 3.38. The molecule has 0 saturated carbocycles. The van der Waals surface area contributed by atoms with Gasteiger partial charge in [-0.2, -0.15) is 0 Å². The molecule has 168 valence electrons. The van der Waals surface area contributed by atoms with Crippen LogP contribution in [0.5, 0.6) is 11.5 Å². The first kappa shape index (κ1) is 22.1. The monoisotopic (exact) mass is 445 g/mol. The van der Waals surface area contributed by atoms with Crippen LogP contribution in [0.1, 0.15) is 44.3 Å². The molecule has 0 saturated heterocycles. The van der Waals surface area contributed by atoms with Crippen LogP contribution in [-0.2, 0) is 16.1 Å². The number of ketones is 1. The smallest absolute Gasteiger partial charge is 0.339 e. The topological polar surface area (TPSA) is 90.9 Å². The Morgan fingerprint density at radius 1 is 0.939 bits per heavy atom. The van der Waals surface area contributed by atoms with Gasteiger partial charge in [-0.05, 0) is 37.6 Å². The van der Waals surface area contributed by atoms with Crippen LogP contribution in [0.25, 0.3) is 0 Å². The van der Waals surface area contributed by atoms with Gasteiger partial charge in [0.2, 0.25) is 6.79 Å². The summed E-state index contributed by atoms with van der Waals surface area (Å²) in [6, 6.07) is 18.9. The normalized spacial score (nSPS) is 12.7. The highest BCUT2D eigenvalue weighted by Crippen LogP contribution is 2.32. The molecule has 1 atom stereocenters. The molecule has 4 rings (SSSR count). The number of rotatable bonds is 7. The van der Waals surface area contributed by atoms with Gasteiger partial charge in [0, 0.05) is 17.7 Å². The van der Waals surface area contributed by atoms with E-state index in [1.54, 1.807) is 42.5 Å². The summed E-state index contributed by atoms with van der Waals surface area (Å²) in [5, 5.41) is 2.74. The summed E-state index contributed by atoms with van der Waals surface area (Å²) in [7, 11) is 0. The molecule has 1 heterocycles. The van der Waals surface area contributed by atoms with E-state index in [1.807, 2.05) is 25.1 Å². The van der Waals surface area contributed by atoms with Gasteiger partial charge in [0.05, 0.1) is 5.56 Å². The molecular formula is C26H23NO6. The molecule has 33 heavy (non-hydrogen) atoms. The van der Waals surface area contributed by atoms with Crippen molar-refractivity contribution in [3.05, 3.63) is 94.5 Å². The molecule has 1 N–H and O–H groups in total. The van der Waals surface area contributed by atoms with Crippen LogP contribution < -0.4 is 14.8 Å². The van der Waals surface area contributed by atoms with Crippen molar-refractivity contribution >= 4 is 17.7 Å². The highest BCUT2D eigenvalue weighted by Gasteiger charge is 2.23.